The zero-order valence-corrected chi connectivity index (χ0v) is 17.3. The topological polar surface area (TPSA) is 52.7 Å². The molecule has 1 heterocycles. The van der Waals surface area contributed by atoms with Gasteiger partial charge in [0.15, 0.2) is 0 Å². The van der Waals surface area contributed by atoms with Crippen LogP contribution in [0.25, 0.3) is 0 Å². The summed E-state index contributed by atoms with van der Waals surface area (Å²) >= 11 is 5.79. The quantitative estimate of drug-likeness (QED) is 0.830. The molecule has 0 aromatic heterocycles. The zero-order chi connectivity index (χ0) is 20.2. The summed E-state index contributed by atoms with van der Waals surface area (Å²) in [6.45, 7) is 8.57. The molecule has 0 spiro atoms. The fraction of sp³-hybridized carbons (Fsp3) is 0.600. The molecule has 150 valence electrons. The van der Waals surface area contributed by atoms with Crippen molar-refractivity contribution in [2.24, 2.45) is 5.92 Å². The number of rotatable bonds is 5. The lowest BCUT2D eigenvalue weighted by Crippen LogP contribution is -2.48. The Hall–Kier alpha value is -1.66. The predicted molar refractivity (Wildman–Crippen MR) is 105 cm³/mol. The predicted octanol–water partition coefficient (Wildman–Crippen LogP) is 3.18. The van der Waals surface area contributed by atoms with E-state index in [4.69, 9.17) is 11.6 Å². The maximum absolute atomic E-state index is 13.4. The number of carbonyl (C=O) groups excluding carboxylic acids is 2. The molecule has 1 aromatic rings. The Morgan fingerprint density at radius 2 is 1.89 bits per heavy atom. The molecule has 5 nitrogen and oxygen atoms in total. The van der Waals surface area contributed by atoms with E-state index in [9.17, 15) is 14.0 Å². The maximum Gasteiger partial charge on any atom is 0.251 e. The first-order chi connectivity index (χ1) is 12.6. The minimum absolute atomic E-state index is 0.0436. The second kappa shape index (κ2) is 9.02. The number of hydrogen-bond acceptors (Lipinski definition) is 3. The van der Waals surface area contributed by atoms with Crippen molar-refractivity contribution in [3.8, 4) is 0 Å². The van der Waals surface area contributed by atoms with Gasteiger partial charge in [-0.3, -0.25) is 14.5 Å². The van der Waals surface area contributed by atoms with Gasteiger partial charge in [0.1, 0.15) is 5.82 Å². The molecule has 0 aliphatic carbocycles. The summed E-state index contributed by atoms with van der Waals surface area (Å²) in [5.74, 6) is -0.409. The van der Waals surface area contributed by atoms with Crippen LogP contribution in [0.1, 0.15) is 44.0 Å². The minimum atomic E-state index is -0.528. The number of likely N-dealkylation sites (tertiary alicyclic amines) is 1. The summed E-state index contributed by atoms with van der Waals surface area (Å²) in [7, 11) is 1.96. The van der Waals surface area contributed by atoms with Crippen LogP contribution < -0.4 is 5.32 Å². The molecule has 1 aromatic carbocycles. The number of likely N-dealkylation sites (N-methyl/N-ethyl adjacent to an activating group) is 1. The molecule has 0 atom stereocenters. The largest absolute Gasteiger partial charge is 0.352 e. The third-order valence-corrected chi connectivity index (χ3v) is 5.38. The van der Waals surface area contributed by atoms with E-state index in [-0.39, 0.29) is 27.9 Å². The zero-order valence-electron chi connectivity index (χ0n) is 16.5. The van der Waals surface area contributed by atoms with Gasteiger partial charge in [0, 0.05) is 35.8 Å². The van der Waals surface area contributed by atoms with Gasteiger partial charge in [-0.2, -0.15) is 0 Å². The molecular weight excluding hydrogens is 369 g/mol. The first-order valence-corrected chi connectivity index (χ1v) is 9.67. The Labute approximate surface area is 165 Å². The van der Waals surface area contributed by atoms with E-state index in [1.54, 1.807) is 0 Å². The van der Waals surface area contributed by atoms with Gasteiger partial charge in [0.2, 0.25) is 5.91 Å². The molecular formula is C20H29ClFN3O2. The maximum atomic E-state index is 13.4. The second-order valence-corrected chi connectivity index (χ2v) is 8.66. The normalized spacial score (nSPS) is 15.9. The Bertz CT molecular complexity index is 662. The molecule has 1 saturated heterocycles. The number of benzene rings is 1. The van der Waals surface area contributed by atoms with Crippen LogP contribution in [0.2, 0.25) is 5.02 Å². The number of nitrogens with one attached hydrogen (secondary N) is 1. The van der Waals surface area contributed by atoms with Crippen LogP contribution in [-0.4, -0.2) is 60.4 Å². The highest BCUT2D eigenvalue weighted by molar-refractivity contribution is 6.31. The lowest BCUT2D eigenvalue weighted by Gasteiger charge is -2.36. The second-order valence-electron chi connectivity index (χ2n) is 8.22. The van der Waals surface area contributed by atoms with Gasteiger partial charge in [0.25, 0.3) is 5.91 Å². The van der Waals surface area contributed by atoms with Crippen LogP contribution in [0.4, 0.5) is 4.39 Å². The number of nitrogens with zero attached hydrogens (tertiary/aromatic N) is 2. The van der Waals surface area contributed by atoms with Crippen LogP contribution in [0.3, 0.4) is 0 Å². The van der Waals surface area contributed by atoms with Crippen LogP contribution in [-0.2, 0) is 4.79 Å². The van der Waals surface area contributed by atoms with Crippen LogP contribution in [0.15, 0.2) is 18.2 Å². The van der Waals surface area contributed by atoms with Gasteiger partial charge in [-0.1, -0.05) is 11.6 Å². The molecule has 0 radical (unpaired) electrons. The molecule has 2 amide bonds. The number of hydrogen-bond donors (Lipinski definition) is 1. The summed E-state index contributed by atoms with van der Waals surface area (Å²) in [6.07, 6.45) is 1.68. The smallest absolute Gasteiger partial charge is 0.251 e. The monoisotopic (exact) mass is 397 g/mol. The molecule has 0 unspecified atom stereocenters. The Morgan fingerprint density at radius 1 is 1.26 bits per heavy atom. The van der Waals surface area contributed by atoms with Crippen molar-refractivity contribution in [1.29, 1.82) is 0 Å². The molecule has 0 saturated carbocycles. The SMILES string of the molecule is CN(CC(=O)N1CCC(CNC(=O)c2cc(F)cc(Cl)c2)CC1)C(C)(C)C. The Morgan fingerprint density at radius 3 is 2.44 bits per heavy atom. The van der Waals surface area contributed by atoms with E-state index in [1.165, 1.54) is 18.2 Å². The Balaban J connectivity index is 1.77. The fourth-order valence-corrected chi connectivity index (χ4v) is 3.17. The summed E-state index contributed by atoms with van der Waals surface area (Å²) in [6, 6.07) is 3.79. The highest BCUT2D eigenvalue weighted by Gasteiger charge is 2.26. The van der Waals surface area contributed by atoms with Crippen LogP contribution >= 0.6 is 11.6 Å². The summed E-state index contributed by atoms with van der Waals surface area (Å²) in [5, 5.41) is 3.04. The molecule has 1 N–H and O–H groups in total. The number of halogens is 2. The van der Waals surface area contributed by atoms with Gasteiger partial charge in [0.05, 0.1) is 6.54 Å². The third kappa shape index (κ3) is 6.47. The third-order valence-electron chi connectivity index (χ3n) is 5.16. The molecule has 1 aliphatic rings. The van der Waals surface area contributed by atoms with E-state index < -0.39 is 5.82 Å². The van der Waals surface area contributed by atoms with Gasteiger partial charge >= 0.3 is 0 Å². The van der Waals surface area contributed by atoms with E-state index in [1.807, 2.05) is 16.8 Å². The fourth-order valence-electron chi connectivity index (χ4n) is 2.95. The Kier molecular flexibility index (Phi) is 7.23. The van der Waals surface area contributed by atoms with Gasteiger partial charge < -0.3 is 10.2 Å². The summed E-state index contributed by atoms with van der Waals surface area (Å²) in [5.41, 5.74) is 0.177. The summed E-state index contributed by atoms with van der Waals surface area (Å²) in [4.78, 5) is 28.6. The van der Waals surface area contributed by atoms with Crippen LogP contribution in [0.5, 0.6) is 0 Å². The molecule has 7 heteroatoms. The molecule has 27 heavy (non-hydrogen) atoms. The van der Waals surface area contributed by atoms with Gasteiger partial charge in [-0.15, -0.1) is 0 Å². The average molecular weight is 398 g/mol. The van der Waals surface area contributed by atoms with Crippen LogP contribution in [0, 0.1) is 11.7 Å². The molecule has 1 aliphatic heterocycles. The van der Waals surface area contributed by atoms with E-state index in [0.717, 1.165) is 12.8 Å². The molecule has 2 rings (SSSR count). The van der Waals surface area contributed by atoms with Gasteiger partial charge in [-0.05, 0) is 64.8 Å². The lowest BCUT2D eigenvalue weighted by molar-refractivity contribution is -0.134. The number of piperidine rings is 1. The van der Waals surface area contributed by atoms with E-state index in [0.29, 0.717) is 32.1 Å². The minimum Gasteiger partial charge on any atom is -0.352 e. The first-order valence-electron chi connectivity index (χ1n) is 9.29. The standard InChI is InChI=1S/C20H29ClFN3O2/c1-20(2,3)24(4)13-18(26)25-7-5-14(6-8-25)12-23-19(27)15-9-16(21)11-17(22)10-15/h9-11,14H,5-8,12-13H2,1-4H3,(H,23,27). The van der Waals surface area contributed by atoms with Crippen molar-refractivity contribution in [3.05, 3.63) is 34.6 Å². The van der Waals surface area contributed by atoms with Crippen molar-refractivity contribution in [3.63, 3.8) is 0 Å². The van der Waals surface area contributed by atoms with Crippen molar-refractivity contribution in [1.82, 2.24) is 15.1 Å². The lowest BCUT2D eigenvalue weighted by atomic mass is 9.96. The number of carbonyl (C=O) groups is 2. The first kappa shape index (κ1) is 21.6. The van der Waals surface area contributed by atoms with E-state index in [2.05, 4.69) is 26.1 Å². The summed E-state index contributed by atoms with van der Waals surface area (Å²) < 4.78 is 13.4. The highest BCUT2D eigenvalue weighted by Crippen LogP contribution is 2.19. The highest BCUT2D eigenvalue weighted by atomic mass is 35.5. The molecule has 0 bridgehead atoms. The van der Waals surface area contributed by atoms with Crippen molar-refractivity contribution in [2.45, 2.75) is 39.2 Å². The van der Waals surface area contributed by atoms with Gasteiger partial charge in [-0.25, -0.2) is 4.39 Å². The van der Waals surface area contributed by atoms with E-state index >= 15 is 0 Å². The average Bonchev–Trinajstić information content (AvgIpc) is 2.58. The molecule has 1 fully saturated rings. The number of amides is 2. The van der Waals surface area contributed by atoms with Crippen molar-refractivity contribution >= 4 is 23.4 Å². The van der Waals surface area contributed by atoms with Crippen molar-refractivity contribution < 1.29 is 14.0 Å². The van der Waals surface area contributed by atoms with Crippen molar-refractivity contribution in [2.75, 3.05) is 33.2 Å².